The van der Waals surface area contributed by atoms with Crippen molar-refractivity contribution in [3.05, 3.63) is 84.0 Å². The molecule has 1 fully saturated rings. The minimum Gasteiger partial charge on any atom is -0.103 e. The molecule has 0 bridgehead atoms. The van der Waals surface area contributed by atoms with Gasteiger partial charge in [0.05, 0.1) is 0 Å². The third-order valence-corrected chi connectivity index (χ3v) is 8.05. The molecular formula is C32H42. The monoisotopic (exact) mass is 426 g/mol. The molecule has 0 aromatic heterocycles. The van der Waals surface area contributed by atoms with Gasteiger partial charge in [-0.1, -0.05) is 86.0 Å². The second-order valence-corrected chi connectivity index (χ2v) is 10.3. The summed E-state index contributed by atoms with van der Waals surface area (Å²) < 4.78 is 0. The van der Waals surface area contributed by atoms with E-state index in [1.165, 1.54) is 87.3 Å². The Bertz CT molecular complexity index is 859. The minimum absolute atomic E-state index is 0.692. The first kappa shape index (κ1) is 23.1. The van der Waals surface area contributed by atoms with Gasteiger partial charge in [-0.25, -0.2) is 0 Å². The lowest BCUT2D eigenvalue weighted by Gasteiger charge is -2.28. The number of allylic oxidation sites excluding steroid dienone is 3. The van der Waals surface area contributed by atoms with E-state index in [4.69, 9.17) is 0 Å². The van der Waals surface area contributed by atoms with Crippen molar-refractivity contribution in [3.63, 3.8) is 0 Å². The third kappa shape index (κ3) is 6.03. The fraction of sp³-hybridized carbons (Fsp3) is 0.500. The van der Waals surface area contributed by atoms with Crippen molar-refractivity contribution in [3.8, 4) is 11.1 Å². The maximum atomic E-state index is 3.84. The van der Waals surface area contributed by atoms with Crippen LogP contribution < -0.4 is 0 Å². The fourth-order valence-corrected chi connectivity index (χ4v) is 5.98. The van der Waals surface area contributed by atoms with Crippen LogP contribution in [0.25, 0.3) is 11.1 Å². The molecule has 0 spiro atoms. The molecule has 2 aromatic carbocycles. The van der Waals surface area contributed by atoms with Crippen LogP contribution in [0.3, 0.4) is 0 Å². The van der Waals surface area contributed by atoms with Crippen molar-refractivity contribution in [1.82, 2.24) is 0 Å². The number of benzene rings is 2. The van der Waals surface area contributed by atoms with Gasteiger partial charge in [0.25, 0.3) is 0 Å². The Hall–Kier alpha value is -2.08. The Morgan fingerprint density at radius 2 is 1.44 bits per heavy atom. The summed E-state index contributed by atoms with van der Waals surface area (Å²) in [5, 5.41) is 0. The molecule has 0 saturated heterocycles. The molecule has 2 aliphatic rings. The van der Waals surface area contributed by atoms with Gasteiger partial charge >= 0.3 is 0 Å². The SMILES string of the molecule is C=CCCCC1=CCC(c2ccc(-c3ccc(C4CCC(CCC)CC4)cc3)cc2)CC1. The van der Waals surface area contributed by atoms with Gasteiger partial charge in [0.15, 0.2) is 0 Å². The lowest BCUT2D eigenvalue weighted by Crippen LogP contribution is -2.13. The maximum absolute atomic E-state index is 3.84. The molecule has 1 saturated carbocycles. The van der Waals surface area contributed by atoms with E-state index in [0.717, 1.165) is 18.3 Å². The van der Waals surface area contributed by atoms with Crippen LogP contribution in [0.2, 0.25) is 0 Å². The summed E-state index contributed by atoms with van der Waals surface area (Å²) in [5.74, 6) is 2.45. The predicted molar refractivity (Wildman–Crippen MR) is 140 cm³/mol. The zero-order chi connectivity index (χ0) is 22.2. The quantitative estimate of drug-likeness (QED) is 0.276. The molecule has 1 atom stereocenters. The molecule has 0 aliphatic heterocycles. The predicted octanol–water partition coefficient (Wildman–Crippen LogP) is 9.98. The van der Waals surface area contributed by atoms with Crippen LogP contribution in [0.5, 0.6) is 0 Å². The molecular weight excluding hydrogens is 384 g/mol. The topological polar surface area (TPSA) is 0 Å². The first-order chi connectivity index (χ1) is 15.8. The van der Waals surface area contributed by atoms with Crippen LogP contribution in [0.4, 0.5) is 0 Å². The van der Waals surface area contributed by atoms with E-state index in [0.29, 0.717) is 5.92 Å². The van der Waals surface area contributed by atoms with E-state index >= 15 is 0 Å². The summed E-state index contributed by atoms with van der Waals surface area (Å²) in [7, 11) is 0. The van der Waals surface area contributed by atoms with Gasteiger partial charge in [0.1, 0.15) is 0 Å². The van der Waals surface area contributed by atoms with Crippen molar-refractivity contribution in [1.29, 1.82) is 0 Å². The molecule has 170 valence electrons. The number of hydrogen-bond donors (Lipinski definition) is 0. The first-order valence-corrected chi connectivity index (χ1v) is 13.3. The molecule has 0 amide bonds. The maximum Gasteiger partial charge on any atom is -0.0124 e. The summed E-state index contributed by atoms with van der Waals surface area (Å²) in [6.07, 6.45) is 20.4. The highest BCUT2D eigenvalue weighted by Crippen LogP contribution is 2.38. The van der Waals surface area contributed by atoms with E-state index in [1.807, 2.05) is 6.08 Å². The van der Waals surface area contributed by atoms with Crippen LogP contribution in [-0.2, 0) is 0 Å². The largest absolute Gasteiger partial charge is 0.103 e. The van der Waals surface area contributed by atoms with E-state index in [9.17, 15) is 0 Å². The van der Waals surface area contributed by atoms with Crippen molar-refractivity contribution < 1.29 is 0 Å². The fourth-order valence-electron chi connectivity index (χ4n) is 5.98. The van der Waals surface area contributed by atoms with Crippen LogP contribution in [0.15, 0.2) is 72.8 Å². The third-order valence-electron chi connectivity index (χ3n) is 8.05. The normalized spacial score (nSPS) is 23.5. The molecule has 32 heavy (non-hydrogen) atoms. The minimum atomic E-state index is 0.692. The molecule has 1 unspecified atom stereocenters. The molecule has 0 radical (unpaired) electrons. The second-order valence-electron chi connectivity index (χ2n) is 10.3. The van der Waals surface area contributed by atoms with Crippen LogP contribution >= 0.6 is 0 Å². The van der Waals surface area contributed by atoms with Crippen molar-refractivity contribution in [2.75, 3.05) is 0 Å². The van der Waals surface area contributed by atoms with Gasteiger partial charge < -0.3 is 0 Å². The molecule has 2 aliphatic carbocycles. The Kier molecular flexibility index (Phi) is 8.43. The zero-order valence-corrected chi connectivity index (χ0v) is 20.2. The molecule has 0 heteroatoms. The van der Waals surface area contributed by atoms with Crippen LogP contribution in [0, 0.1) is 5.92 Å². The Morgan fingerprint density at radius 3 is 1.97 bits per heavy atom. The Morgan fingerprint density at radius 1 is 0.812 bits per heavy atom. The summed E-state index contributed by atoms with van der Waals surface area (Å²) in [5.41, 5.74) is 7.43. The average molecular weight is 427 g/mol. The van der Waals surface area contributed by atoms with Crippen LogP contribution in [0.1, 0.15) is 107 Å². The average Bonchev–Trinajstić information content (AvgIpc) is 2.86. The lowest BCUT2D eigenvalue weighted by molar-refractivity contribution is 0.308. The highest BCUT2D eigenvalue weighted by atomic mass is 14.3. The smallest absolute Gasteiger partial charge is 0.0124 e. The zero-order valence-electron chi connectivity index (χ0n) is 20.2. The van der Waals surface area contributed by atoms with E-state index in [-0.39, 0.29) is 0 Å². The Balaban J connectivity index is 1.32. The lowest BCUT2D eigenvalue weighted by atomic mass is 9.77. The Labute approximate surface area is 196 Å². The standard InChI is InChI=1S/C32H42/c1-3-5-6-8-26-11-15-28(16-12-26)30-19-23-32(24-20-30)31-21-17-29(18-22-31)27-13-9-25(7-4-2)10-14-27/h3,11,17-25,27-28H,1,4-10,12-16H2,2H3. The van der Waals surface area contributed by atoms with Crippen molar-refractivity contribution in [2.45, 2.75) is 95.8 Å². The molecule has 2 aromatic rings. The van der Waals surface area contributed by atoms with Gasteiger partial charge in [-0.15, -0.1) is 6.58 Å². The highest BCUT2D eigenvalue weighted by Gasteiger charge is 2.22. The van der Waals surface area contributed by atoms with E-state index < -0.39 is 0 Å². The van der Waals surface area contributed by atoms with Gasteiger partial charge in [0, 0.05) is 0 Å². The molecule has 4 rings (SSSR count). The van der Waals surface area contributed by atoms with Crippen LogP contribution in [-0.4, -0.2) is 0 Å². The highest BCUT2D eigenvalue weighted by molar-refractivity contribution is 5.64. The van der Waals surface area contributed by atoms with E-state index in [2.05, 4.69) is 68.1 Å². The summed E-state index contributed by atoms with van der Waals surface area (Å²) in [4.78, 5) is 0. The second kappa shape index (κ2) is 11.7. The van der Waals surface area contributed by atoms with Gasteiger partial charge in [-0.3, -0.25) is 0 Å². The molecule has 0 nitrogen and oxygen atoms in total. The number of rotatable bonds is 9. The van der Waals surface area contributed by atoms with Gasteiger partial charge in [-0.2, -0.15) is 0 Å². The molecule has 0 N–H and O–H groups in total. The van der Waals surface area contributed by atoms with Crippen molar-refractivity contribution in [2.24, 2.45) is 5.92 Å². The summed E-state index contributed by atoms with van der Waals surface area (Å²) >= 11 is 0. The van der Waals surface area contributed by atoms with E-state index in [1.54, 1.807) is 11.1 Å². The van der Waals surface area contributed by atoms with Crippen molar-refractivity contribution >= 4 is 0 Å². The summed E-state index contributed by atoms with van der Waals surface area (Å²) in [6.45, 7) is 6.16. The van der Waals surface area contributed by atoms with Gasteiger partial charge in [-0.05, 0) is 104 Å². The number of unbranched alkanes of at least 4 members (excludes halogenated alkanes) is 1. The van der Waals surface area contributed by atoms with Gasteiger partial charge in [0.2, 0.25) is 0 Å². The first-order valence-electron chi connectivity index (χ1n) is 13.3. The summed E-state index contributed by atoms with van der Waals surface area (Å²) in [6, 6.07) is 18.9. The molecule has 0 heterocycles. The number of hydrogen-bond acceptors (Lipinski definition) is 0.